The van der Waals surface area contributed by atoms with Gasteiger partial charge in [-0.05, 0) is 30.2 Å². The number of hydrogen-bond donors (Lipinski definition) is 3. The van der Waals surface area contributed by atoms with Gasteiger partial charge >= 0.3 is 0 Å². The van der Waals surface area contributed by atoms with Crippen molar-refractivity contribution in [1.29, 1.82) is 0 Å². The molecule has 5 nitrogen and oxygen atoms in total. The van der Waals surface area contributed by atoms with Crippen molar-refractivity contribution in [3.63, 3.8) is 0 Å². The largest absolute Gasteiger partial charge is 0.351 e. The number of para-hydroxylation sites is 1. The lowest BCUT2D eigenvalue weighted by Gasteiger charge is -2.11. The van der Waals surface area contributed by atoms with Gasteiger partial charge in [-0.15, -0.1) is 12.4 Å². The maximum atomic E-state index is 12.0. The van der Waals surface area contributed by atoms with Gasteiger partial charge in [-0.1, -0.05) is 26.0 Å². The van der Waals surface area contributed by atoms with Crippen LogP contribution >= 0.6 is 24.2 Å². The lowest BCUT2D eigenvalue weighted by Crippen LogP contribution is -2.30. The smallest absolute Gasteiger partial charge is 0.253 e. The van der Waals surface area contributed by atoms with Gasteiger partial charge in [0, 0.05) is 13.1 Å². The molecule has 2 amide bonds. The van der Waals surface area contributed by atoms with Crippen molar-refractivity contribution in [2.24, 2.45) is 11.7 Å². The molecule has 0 bridgehead atoms. The molecule has 1 aromatic rings. The summed E-state index contributed by atoms with van der Waals surface area (Å²) in [6.07, 6.45) is 1.09. The third-order valence-electron chi connectivity index (χ3n) is 2.95. The Bertz CT molecular complexity index is 498. The highest BCUT2D eigenvalue weighted by Gasteiger charge is 2.12. The molecular formula is C16H26ClN3O2S. The van der Waals surface area contributed by atoms with Crippen LogP contribution in [-0.4, -0.2) is 36.4 Å². The first kappa shape index (κ1) is 21.8. The number of nitrogens with one attached hydrogen (secondary N) is 2. The Labute approximate surface area is 148 Å². The van der Waals surface area contributed by atoms with E-state index in [1.54, 1.807) is 36.0 Å². The molecule has 0 atom stereocenters. The van der Waals surface area contributed by atoms with E-state index < -0.39 is 0 Å². The maximum Gasteiger partial charge on any atom is 0.253 e. The van der Waals surface area contributed by atoms with Crippen molar-refractivity contribution in [2.75, 3.05) is 29.9 Å². The lowest BCUT2D eigenvalue weighted by atomic mass is 10.1. The van der Waals surface area contributed by atoms with E-state index in [1.807, 2.05) is 0 Å². The van der Waals surface area contributed by atoms with E-state index in [1.165, 1.54) is 0 Å². The normalized spacial score (nSPS) is 10.1. The predicted octanol–water partition coefficient (Wildman–Crippen LogP) is 2.51. The Kier molecular flexibility index (Phi) is 11.6. The molecule has 23 heavy (non-hydrogen) atoms. The van der Waals surface area contributed by atoms with Crippen LogP contribution in [0.4, 0.5) is 5.69 Å². The molecule has 0 heterocycles. The molecule has 1 aromatic carbocycles. The molecule has 0 spiro atoms. The molecule has 0 saturated carbocycles. The number of halogens is 1. The van der Waals surface area contributed by atoms with E-state index in [0.717, 1.165) is 12.2 Å². The summed E-state index contributed by atoms with van der Waals surface area (Å²) in [5.41, 5.74) is 6.36. The second-order valence-electron chi connectivity index (χ2n) is 5.37. The van der Waals surface area contributed by atoms with Gasteiger partial charge in [-0.2, -0.15) is 11.8 Å². The fourth-order valence-corrected chi connectivity index (χ4v) is 2.78. The zero-order valence-electron chi connectivity index (χ0n) is 13.6. The fraction of sp³-hybridized carbons (Fsp3) is 0.500. The Morgan fingerprint density at radius 2 is 1.96 bits per heavy atom. The first-order chi connectivity index (χ1) is 10.5. The van der Waals surface area contributed by atoms with Gasteiger partial charge in [0.05, 0.1) is 17.0 Å². The fourth-order valence-electron chi connectivity index (χ4n) is 1.74. The molecule has 0 saturated heterocycles. The highest BCUT2D eigenvalue weighted by Crippen LogP contribution is 2.16. The molecule has 130 valence electrons. The summed E-state index contributed by atoms with van der Waals surface area (Å²) in [6, 6.07) is 6.98. The van der Waals surface area contributed by atoms with Crippen LogP contribution in [0.1, 0.15) is 30.6 Å². The molecule has 0 aliphatic carbocycles. The number of carbonyl (C=O) groups is 2. The summed E-state index contributed by atoms with van der Waals surface area (Å²) >= 11 is 1.61. The highest BCUT2D eigenvalue weighted by atomic mass is 35.5. The predicted molar refractivity (Wildman–Crippen MR) is 100 cm³/mol. The van der Waals surface area contributed by atoms with Crippen molar-refractivity contribution < 1.29 is 9.59 Å². The average Bonchev–Trinajstić information content (AvgIpc) is 2.49. The molecule has 0 unspecified atom stereocenters. The molecule has 0 radical (unpaired) electrons. The molecular weight excluding hydrogens is 334 g/mol. The van der Waals surface area contributed by atoms with Crippen molar-refractivity contribution >= 4 is 41.7 Å². The maximum absolute atomic E-state index is 12.0. The topological polar surface area (TPSA) is 84.2 Å². The standard InChI is InChI=1S/C16H25N3O2S.ClH/c1-12(2)7-10-22-11-15(20)19-14-6-4-3-5-13(14)16(21)18-9-8-17;/h3-6,12H,7-11,17H2,1-2H3,(H,18,21)(H,19,20);1H. The zero-order valence-corrected chi connectivity index (χ0v) is 15.3. The van der Waals surface area contributed by atoms with Crippen LogP contribution in [0.15, 0.2) is 24.3 Å². The number of hydrogen-bond acceptors (Lipinski definition) is 4. The third kappa shape index (κ3) is 8.83. The first-order valence-electron chi connectivity index (χ1n) is 7.49. The minimum atomic E-state index is -0.228. The zero-order chi connectivity index (χ0) is 16.4. The molecule has 0 aliphatic rings. The van der Waals surface area contributed by atoms with Gasteiger partial charge < -0.3 is 16.4 Å². The molecule has 4 N–H and O–H groups in total. The quantitative estimate of drug-likeness (QED) is 0.591. The van der Waals surface area contributed by atoms with Gasteiger partial charge in [-0.25, -0.2) is 0 Å². The van der Waals surface area contributed by atoms with Crippen LogP contribution in [-0.2, 0) is 4.79 Å². The van der Waals surface area contributed by atoms with Crippen LogP contribution in [0.3, 0.4) is 0 Å². The van der Waals surface area contributed by atoms with Crippen molar-refractivity contribution in [3.8, 4) is 0 Å². The van der Waals surface area contributed by atoms with E-state index in [0.29, 0.717) is 36.0 Å². The number of thioether (sulfide) groups is 1. The number of anilines is 1. The van der Waals surface area contributed by atoms with E-state index in [9.17, 15) is 9.59 Å². The monoisotopic (exact) mass is 359 g/mol. The summed E-state index contributed by atoms with van der Waals surface area (Å²) in [4.78, 5) is 24.0. The highest BCUT2D eigenvalue weighted by molar-refractivity contribution is 7.99. The lowest BCUT2D eigenvalue weighted by molar-refractivity contribution is -0.113. The average molecular weight is 360 g/mol. The molecule has 7 heteroatoms. The Hall–Kier alpha value is -1.24. The van der Waals surface area contributed by atoms with Crippen LogP contribution in [0.5, 0.6) is 0 Å². The number of benzene rings is 1. The van der Waals surface area contributed by atoms with Crippen molar-refractivity contribution in [1.82, 2.24) is 5.32 Å². The second-order valence-corrected chi connectivity index (χ2v) is 6.48. The van der Waals surface area contributed by atoms with Crippen LogP contribution < -0.4 is 16.4 Å². The van der Waals surface area contributed by atoms with E-state index in [-0.39, 0.29) is 24.2 Å². The summed E-state index contributed by atoms with van der Waals surface area (Å²) in [5.74, 6) is 1.68. The number of amides is 2. The Balaban J connectivity index is 0.00000484. The van der Waals surface area contributed by atoms with Gasteiger partial charge in [0.1, 0.15) is 0 Å². The Morgan fingerprint density at radius 1 is 1.26 bits per heavy atom. The van der Waals surface area contributed by atoms with Gasteiger partial charge in [-0.3, -0.25) is 9.59 Å². The summed E-state index contributed by atoms with van der Waals surface area (Å²) in [6.45, 7) is 5.12. The minimum Gasteiger partial charge on any atom is -0.351 e. The van der Waals surface area contributed by atoms with E-state index in [4.69, 9.17) is 5.73 Å². The van der Waals surface area contributed by atoms with Gasteiger partial charge in [0.25, 0.3) is 5.91 Å². The van der Waals surface area contributed by atoms with Crippen molar-refractivity contribution in [3.05, 3.63) is 29.8 Å². The molecule has 0 aromatic heterocycles. The molecule has 0 fully saturated rings. The van der Waals surface area contributed by atoms with Crippen LogP contribution in [0.25, 0.3) is 0 Å². The number of carbonyl (C=O) groups excluding carboxylic acids is 2. The van der Waals surface area contributed by atoms with Crippen LogP contribution in [0.2, 0.25) is 0 Å². The second kappa shape index (κ2) is 12.2. The Morgan fingerprint density at radius 3 is 2.61 bits per heavy atom. The summed E-state index contributed by atoms with van der Waals surface area (Å²) in [7, 11) is 0. The summed E-state index contributed by atoms with van der Waals surface area (Å²) in [5, 5.41) is 5.51. The summed E-state index contributed by atoms with van der Waals surface area (Å²) < 4.78 is 0. The van der Waals surface area contributed by atoms with Gasteiger partial charge in [0.2, 0.25) is 5.91 Å². The van der Waals surface area contributed by atoms with Gasteiger partial charge in [0.15, 0.2) is 0 Å². The van der Waals surface area contributed by atoms with Crippen LogP contribution in [0, 0.1) is 5.92 Å². The molecule has 1 rings (SSSR count). The first-order valence-corrected chi connectivity index (χ1v) is 8.65. The number of rotatable bonds is 9. The van der Waals surface area contributed by atoms with Crippen molar-refractivity contribution in [2.45, 2.75) is 20.3 Å². The van der Waals surface area contributed by atoms with E-state index >= 15 is 0 Å². The third-order valence-corrected chi connectivity index (χ3v) is 3.94. The minimum absolute atomic E-state index is 0. The number of nitrogens with two attached hydrogens (primary N) is 1. The molecule has 0 aliphatic heterocycles. The SMILES string of the molecule is CC(C)CCSCC(=O)Nc1ccccc1C(=O)NCCN.Cl. The van der Waals surface area contributed by atoms with E-state index in [2.05, 4.69) is 24.5 Å².